The third-order valence-corrected chi connectivity index (χ3v) is 6.15. The summed E-state index contributed by atoms with van der Waals surface area (Å²) in [6.07, 6.45) is 3.66. The number of H-pyrrole nitrogens is 2. The molecule has 1 aromatic carbocycles. The molecule has 6 rings (SSSR count). The van der Waals surface area contributed by atoms with Gasteiger partial charge in [0.1, 0.15) is 0 Å². The quantitative estimate of drug-likeness (QED) is 0.299. The largest absolute Gasteiger partial charge is 0.492 e. The Bertz CT molecular complexity index is 1420. The predicted octanol–water partition coefficient (Wildman–Crippen LogP) is 3.52. The molecule has 1 amide bonds. The number of halogens is 1. The van der Waals surface area contributed by atoms with Crippen molar-refractivity contribution in [2.24, 2.45) is 0 Å². The molecule has 0 bridgehead atoms. The number of fused-ring (bicyclic) bond motifs is 2. The lowest BCUT2D eigenvalue weighted by Gasteiger charge is -2.27. The van der Waals surface area contributed by atoms with E-state index in [4.69, 9.17) is 9.47 Å². The lowest BCUT2D eigenvalue weighted by molar-refractivity contribution is 0.0947. The van der Waals surface area contributed by atoms with Crippen LogP contribution in [0, 0.1) is 5.82 Å². The van der Waals surface area contributed by atoms with Crippen molar-refractivity contribution in [2.75, 3.05) is 30.8 Å². The molecule has 4 aromatic rings. The molecule has 11 heteroatoms. The maximum Gasteiger partial charge on any atom is 0.255 e. The number of hydrogen-bond donors (Lipinski definition) is 5. The van der Waals surface area contributed by atoms with Gasteiger partial charge in [0.25, 0.3) is 5.91 Å². The van der Waals surface area contributed by atoms with E-state index in [-0.39, 0.29) is 17.8 Å². The smallest absolute Gasteiger partial charge is 0.255 e. The number of carbonyl (C=O) groups is 1. The van der Waals surface area contributed by atoms with Crippen molar-refractivity contribution in [3.8, 4) is 22.8 Å². The summed E-state index contributed by atoms with van der Waals surface area (Å²) in [5.41, 5.74) is 4.30. The third-order valence-electron chi connectivity index (χ3n) is 6.15. The van der Waals surface area contributed by atoms with Crippen LogP contribution in [0.25, 0.3) is 11.3 Å². The molecular weight excluding hydrogens is 453 g/mol. The van der Waals surface area contributed by atoms with E-state index >= 15 is 0 Å². The molecule has 178 valence electrons. The van der Waals surface area contributed by atoms with Gasteiger partial charge in [0.2, 0.25) is 0 Å². The SMILES string of the molecule is COc1c(F)cccc1Nc1c(-c2ccnc3c2O[C@@H](c2ccn[nH]2)CN3)[nH]c2c1C(=O)NCC2. The molecule has 0 aliphatic carbocycles. The lowest BCUT2D eigenvalue weighted by atomic mass is 10.0. The number of aromatic nitrogens is 4. The molecule has 5 heterocycles. The number of amides is 1. The molecule has 0 saturated heterocycles. The summed E-state index contributed by atoms with van der Waals surface area (Å²) < 4.78 is 26.1. The Morgan fingerprint density at radius 1 is 1.20 bits per heavy atom. The predicted molar refractivity (Wildman–Crippen MR) is 127 cm³/mol. The first kappa shape index (κ1) is 21.0. The summed E-state index contributed by atoms with van der Waals surface area (Å²) in [6.45, 7) is 1.03. The minimum absolute atomic E-state index is 0.0543. The Morgan fingerprint density at radius 3 is 2.94 bits per heavy atom. The lowest BCUT2D eigenvalue weighted by Crippen LogP contribution is -2.31. The number of para-hydroxylation sites is 1. The molecule has 2 aliphatic rings. The van der Waals surface area contributed by atoms with Gasteiger partial charge in [0.15, 0.2) is 29.2 Å². The fourth-order valence-electron chi connectivity index (χ4n) is 4.54. The number of nitrogens with one attached hydrogen (secondary N) is 5. The van der Waals surface area contributed by atoms with Gasteiger partial charge < -0.3 is 30.4 Å². The number of benzene rings is 1. The van der Waals surface area contributed by atoms with Crippen LogP contribution < -0.4 is 25.4 Å². The topological polar surface area (TPSA) is 129 Å². The molecule has 0 unspecified atom stereocenters. The van der Waals surface area contributed by atoms with Gasteiger partial charge >= 0.3 is 0 Å². The van der Waals surface area contributed by atoms with E-state index in [9.17, 15) is 9.18 Å². The van der Waals surface area contributed by atoms with E-state index in [1.165, 1.54) is 13.2 Å². The molecule has 1 atom stereocenters. The van der Waals surface area contributed by atoms with Crippen LogP contribution in [0.3, 0.4) is 0 Å². The molecule has 0 spiro atoms. The number of pyridine rings is 1. The zero-order valence-electron chi connectivity index (χ0n) is 18.7. The van der Waals surface area contributed by atoms with E-state index in [1.807, 2.05) is 12.1 Å². The molecule has 3 aromatic heterocycles. The van der Waals surface area contributed by atoms with E-state index in [1.54, 1.807) is 24.5 Å². The highest BCUT2D eigenvalue weighted by atomic mass is 19.1. The maximum atomic E-state index is 14.4. The summed E-state index contributed by atoms with van der Waals surface area (Å²) >= 11 is 0. The number of rotatable bonds is 5. The van der Waals surface area contributed by atoms with Gasteiger partial charge in [-0.05, 0) is 24.3 Å². The standard InChI is InChI=1S/C24H22FN7O3/c1-34-22-13(25)3-2-4-16(22)31-20-18-15(6-9-27-24(18)33)30-19(20)12-5-8-26-23-21(12)35-17(11-28-23)14-7-10-29-32-14/h2-5,7-8,10,17,30-31H,6,9,11H2,1H3,(H,26,28)(H,27,33)(H,29,32)/t17-/m1/s1. The van der Waals surface area contributed by atoms with Gasteiger partial charge in [-0.25, -0.2) is 9.37 Å². The number of aromatic amines is 2. The van der Waals surface area contributed by atoms with Crippen LogP contribution in [0.1, 0.15) is 27.8 Å². The van der Waals surface area contributed by atoms with Crippen LogP contribution in [0.4, 0.5) is 21.6 Å². The number of anilines is 3. The Hall–Kier alpha value is -4.54. The van der Waals surface area contributed by atoms with E-state index in [0.717, 1.165) is 11.4 Å². The molecule has 10 nitrogen and oxygen atoms in total. The second-order valence-electron chi connectivity index (χ2n) is 8.22. The Morgan fingerprint density at radius 2 is 2.11 bits per heavy atom. The summed E-state index contributed by atoms with van der Waals surface area (Å²) in [5, 5.41) is 16.4. The van der Waals surface area contributed by atoms with Crippen molar-refractivity contribution in [2.45, 2.75) is 12.5 Å². The maximum absolute atomic E-state index is 14.4. The summed E-state index contributed by atoms with van der Waals surface area (Å²) in [7, 11) is 1.40. The molecule has 0 fully saturated rings. The average molecular weight is 475 g/mol. The monoisotopic (exact) mass is 475 g/mol. The van der Waals surface area contributed by atoms with Crippen LogP contribution in [-0.2, 0) is 6.42 Å². The highest BCUT2D eigenvalue weighted by Gasteiger charge is 2.32. The van der Waals surface area contributed by atoms with Crippen LogP contribution in [0.2, 0.25) is 0 Å². The molecule has 2 aliphatic heterocycles. The first-order valence-corrected chi connectivity index (χ1v) is 11.2. The molecule has 35 heavy (non-hydrogen) atoms. The van der Waals surface area contributed by atoms with Gasteiger partial charge in [0.05, 0.1) is 42.0 Å². The second-order valence-corrected chi connectivity index (χ2v) is 8.22. The summed E-state index contributed by atoms with van der Waals surface area (Å²) in [4.78, 5) is 20.7. The van der Waals surface area contributed by atoms with E-state index < -0.39 is 5.82 Å². The Balaban J connectivity index is 1.50. The molecule has 0 radical (unpaired) electrons. The Kier molecular flexibility index (Phi) is 5.02. The van der Waals surface area contributed by atoms with E-state index in [0.29, 0.717) is 59.3 Å². The van der Waals surface area contributed by atoms with Crippen molar-refractivity contribution in [3.05, 3.63) is 65.5 Å². The number of carbonyl (C=O) groups excluding carboxylic acids is 1. The van der Waals surface area contributed by atoms with Gasteiger partial charge in [-0.3, -0.25) is 9.89 Å². The Labute approximate surface area is 199 Å². The summed E-state index contributed by atoms with van der Waals surface area (Å²) in [5.74, 6) is 0.447. The number of ether oxygens (including phenoxy) is 2. The van der Waals surface area contributed by atoms with Gasteiger partial charge in [-0.1, -0.05) is 6.07 Å². The first-order valence-electron chi connectivity index (χ1n) is 11.2. The molecule has 0 saturated carbocycles. The van der Waals surface area contributed by atoms with Crippen LogP contribution >= 0.6 is 0 Å². The first-order chi connectivity index (χ1) is 17.1. The second kappa shape index (κ2) is 8.35. The van der Waals surface area contributed by atoms with Crippen molar-refractivity contribution >= 4 is 23.1 Å². The average Bonchev–Trinajstić information content (AvgIpc) is 3.53. The van der Waals surface area contributed by atoms with Crippen molar-refractivity contribution in [1.82, 2.24) is 25.5 Å². The van der Waals surface area contributed by atoms with Gasteiger partial charge in [-0.2, -0.15) is 5.10 Å². The number of hydrogen-bond acceptors (Lipinski definition) is 7. The van der Waals surface area contributed by atoms with Crippen LogP contribution in [-0.4, -0.2) is 46.3 Å². The fraction of sp³-hybridized carbons (Fsp3) is 0.208. The fourth-order valence-corrected chi connectivity index (χ4v) is 4.54. The van der Waals surface area contributed by atoms with E-state index in [2.05, 4.69) is 36.1 Å². The minimum Gasteiger partial charge on any atom is -0.492 e. The zero-order valence-corrected chi connectivity index (χ0v) is 18.7. The zero-order chi connectivity index (χ0) is 23.9. The molecule has 5 N–H and O–H groups in total. The van der Waals surface area contributed by atoms with Crippen LogP contribution in [0.5, 0.6) is 11.5 Å². The van der Waals surface area contributed by atoms with Crippen molar-refractivity contribution in [3.63, 3.8) is 0 Å². The van der Waals surface area contributed by atoms with Crippen molar-refractivity contribution in [1.29, 1.82) is 0 Å². The highest BCUT2D eigenvalue weighted by molar-refractivity contribution is 6.07. The third kappa shape index (κ3) is 3.52. The van der Waals surface area contributed by atoms with Crippen LogP contribution in [0.15, 0.2) is 42.7 Å². The summed E-state index contributed by atoms with van der Waals surface area (Å²) in [6, 6.07) is 8.27. The number of nitrogens with zero attached hydrogens (tertiary/aromatic N) is 2. The highest BCUT2D eigenvalue weighted by Crippen LogP contribution is 2.46. The molecular formula is C24H22FN7O3. The van der Waals surface area contributed by atoms with Gasteiger partial charge in [-0.15, -0.1) is 0 Å². The minimum atomic E-state index is -0.510. The number of methoxy groups -OCH3 is 1. The normalized spacial score (nSPS) is 16.4. The van der Waals surface area contributed by atoms with Crippen molar-refractivity contribution < 1.29 is 18.7 Å². The van der Waals surface area contributed by atoms with Gasteiger partial charge in [0, 0.05) is 36.6 Å².